The van der Waals surface area contributed by atoms with Crippen molar-refractivity contribution in [3.05, 3.63) is 71.4 Å². The van der Waals surface area contributed by atoms with E-state index >= 15 is 0 Å². The van der Waals surface area contributed by atoms with E-state index in [1.165, 1.54) is 12.1 Å². The molecule has 3 aromatic rings. The zero-order valence-corrected chi connectivity index (χ0v) is 17.2. The van der Waals surface area contributed by atoms with Gasteiger partial charge in [-0.1, -0.05) is 17.3 Å². The Bertz CT molecular complexity index is 1030. The van der Waals surface area contributed by atoms with Gasteiger partial charge in [-0.15, -0.1) is 0 Å². The van der Waals surface area contributed by atoms with Gasteiger partial charge in [0.2, 0.25) is 0 Å². The highest BCUT2D eigenvalue weighted by Gasteiger charge is 2.31. The van der Waals surface area contributed by atoms with Gasteiger partial charge in [-0.25, -0.2) is 0 Å². The summed E-state index contributed by atoms with van der Waals surface area (Å²) in [6.45, 7) is 0.0951. The number of likely N-dealkylation sites (N-methyl/N-ethyl adjacent to an activating group) is 1. The van der Waals surface area contributed by atoms with Crippen molar-refractivity contribution in [2.24, 2.45) is 0 Å². The summed E-state index contributed by atoms with van der Waals surface area (Å²) in [5, 5.41) is 6.51. The Kier molecular flexibility index (Phi) is 6.65. The lowest BCUT2D eigenvalue weighted by Gasteiger charge is -2.25. The van der Waals surface area contributed by atoms with Gasteiger partial charge in [0.15, 0.2) is 11.5 Å². The number of carbonyl (C=O) groups is 1. The number of ether oxygens (including phenoxy) is 1. The van der Waals surface area contributed by atoms with E-state index in [0.717, 1.165) is 17.7 Å². The van der Waals surface area contributed by atoms with E-state index in [1.54, 1.807) is 56.4 Å². The molecule has 0 aliphatic heterocycles. The second-order valence-electron chi connectivity index (χ2n) is 7.12. The van der Waals surface area contributed by atoms with Crippen LogP contribution in [0.15, 0.2) is 59.1 Å². The van der Waals surface area contributed by atoms with Crippen molar-refractivity contribution in [1.82, 2.24) is 15.4 Å². The second kappa shape index (κ2) is 9.22. The van der Waals surface area contributed by atoms with Crippen molar-refractivity contribution in [2.45, 2.75) is 12.2 Å². The summed E-state index contributed by atoms with van der Waals surface area (Å²) in [4.78, 5) is 14.3. The molecule has 0 aliphatic carbocycles. The Hall–Kier alpha value is -3.33. The number of alkyl halides is 3. The van der Waals surface area contributed by atoms with Gasteiger partial charge in [0, 0.05) is 18.2 Å². The van der Waals surface area contributed by atoms with Crippen LogP contribution in [0.4, 0.5) is 13.2 Å². The van der Waals surface area contributed by atoms with E-state index in [1.807, 2.05) is 0 Å². The van der Waals surface area contributed by atoms with Crippen molar-refractivity contribution in [1.29, 1.82) is 0 Å². The summed E-state index contributed by atoms with van der Waals surface area (Å²) >= 11 is 0. The molecule has 1 unspecified atom stereocenters. The first-order chi connectivity index (χ1) is 14.7. The van der Waals surface area contributed by atoms with Crippen LogP contribution in [0.1, 0.15) is 27.7 Å². The zero-order valence-electron chi connectivity index (χ0n) is 17.2. The molecule has 0 radical (unpaired) electrons. The Morgan fingerprint density at radius 1 is 1.16 bits per heavy atom. The molecule has 0 aliphatic rings. The normalized spacial score (nSPS) is 12.6. The van der Waals surface area contributed by atoms with E-state index in [4.69, 9.17) is 9.26 Å². The second-order valence-corrected chi connectivity index (χ2v) is 7.12. The molecule has 1 atom stereocenters. The standard InChI is InChI=1S/C22H22F3N3O3/c1-28(2)19(15-5-4-6-16(11-15)22(23,24)25)13-26-21(29)18-12-20(31-27-18)14-7-9-17(30-3)10-8-14/h4-12,19H,13H2,1-3H3,(H,26,29). The van der Waals surface area contributed by atoms with Crippen molar-refractivity contribution >= 4 is 5.91 Å². The summed E-state index contributed by atoms with van der Waals surface area (Å²) in [7, 11) is 5.02. The molecular formula is C22H22F3N3O3. The Morgan fingerprint density at radius 2 is 1.87 bits per heavy atom. The van der Waals surface area contributed by atoms with Crippen molar-refractivity contribution in [3.63, 3.8) is 0 Å². The van der Waals surface area contributed by atoms with Crippen molar-refractivity contribution in [3.8, 4) is 17.1 Å². The maximum Gasteiger partial charge on any atom is 0.416 e. The van der Waals surface area contributed by atoms with E-state index in [-0.39, 0.29) is 12.2 Å². The fourth-order valence-corrected chi connectivity index (χ4v) is 3.07. The highest BCUT2D eigenvalue weighted by Crippen LogP contribution is 2.31. The van der Waals surface area contributed by atoms with Crippen LogP contribution in [-0.2, 0) is 6.18 Å². The van der Waals surface area contributed by atoms with E-state index in [2.05, 4.69) is 10.5 Å². The number of hydrogen-bond donors (Lipinski definition) is 1. The van der Waals surface area contributed by atoms with Crippen LogP contribution in [0.25, 0.3) is 11.3 Å². The molecule has 0 fully saturated rings. The van der Waals surface area contributed by atoms with E-state index in [9.17, 15) is 18.0 Å². The zero-order chi connectivity index (χ0) is 22.6. The lowest BCUT2D eigenvalue weighted by atomic mass is 10.0. The number of hydrogen-bond acceptors (Lipinski definition) is 5. The Balaban J connectivity index is 1.70. The minimum absolute atomic E-state index is 0.0763. The first-order valence-corrected chi connectivity index (χ1v) is 9.42. The number of halogens is 3. The Morgan fingerprint density at radius 3 is 2.48 bits per heavy atom. The number of nitrogens with one attached hydrogen (secondary N) is 1. The maximum absolute atomic E-state index is 13.0. The molecule has 2 aromatic carbocycles. The smallest absolute Gasteiger partial charge is 0.416 e. The quantitative estimate of drug-likeness (QED) is 0.598. The van der Waals surface area contributed by atoms with Gasteiger partial charge in [0.1, 0.15) is 5.75 Å². The van der Waals surface area contributed by atoms with Crippen LogP contribution >= 0.6 is 0 Å². The third-order valence-corrected chi connectivity index (χ3v) is 4.80. The lowest BCUT2D eigenvalue weighted by Crippen LogP contribution is -2.34. The molecular weight excluding hydrogens is 411 g/mol. The monoisotopic (exact) mass is 433 g/mol. The molecule has 0 saturated carbocycles. The number of rotatable bonds is 7. The van der Waals surface area contributed by atoms with Gasteiger partial charge in [-0.3, -0.25) is 4.79 Å². The van der Waals surface area contributed by atoms with Crippen molar-refractivity contribution in [2.75, 3.05) is 27.7 Å². The van der Waals surface area contributed by atoms with Crippen LogP contribution in [0, 0.1) is 0 Å². The molecule has 0 bridgehead atoms. The summed E-state index contributed by atoms with van der Waals surface area (Å²) in [6, 6.07) is 13.2. The molecule has 9 heteroatoms. The number of methoxy groups -OCH3 is 1. The van der Waals surface area contributed by atoms with Crippen LogP contribution < -0.4 is 10.1 Å². The van der Waals surface area contributed by atoms with Gasteiger partial charge in [-0.05, 0) is 56.1 Å². The molecule has 3 rings (SSSR count). The minimum atomic E-state index is -4.44. The third-order valence-electron chi connectivity index (χ3n) is 4.80. The number of amides is 1. The SMILES string of the molecule is COc1ccc(-c2cc(C(=O)NCC(c3cccc(C(F)(F)F)c3)N(C)C)no2)cc1. The highest BCUT2D eigenvalue weighted by atomic mass is 19.4. The van der Waals surface area contributed by atoms with E-state index < -0.39 is 23.7 Å². The molecule has 6 nitrogen and oxygen atoms in total. The van der Waals surface area contributed by atoms with Crippen LogP contribution in [0.2, 0.25) is 0 Å². The van der Waals surface area contributed by atoms with Gasteiger partial charge < -0.3 is 19.5 Å². The van der Waals surface area contributed by atoms with Gasteiger partial charge in [0.05, 0.1) is 18.7 Å². The van der Waals surface area contributed by atoms with Gasteiger partial charge in [-0.2, -0.15) is 13.2 Å². The number of benzene rings is 2. The van der Waals surface area contributed by atoms with Gasteiger partial charge >= 0.3 is 6.18 Å². The predicted octanol–water partition coefficient (Wildman–Crippen LogP) is 4.40. The number of aromatic nitrogens is 1. The molecule has 1 aromatic heterocycles. The molecule has 1 heterocycles. The van der Waals surface area contributed by atoms with Crippen LogP contribution in [0.3, 0.4) is 0 Å². The minimum Gasteiger partial charge on any atom is -0.497 e. The first kappa shape index (κ1) is 22.4. The fourth-order valence-electron chi connectivity index (χ4n) is 3.07. The van der Waals surface area contributed by atoms with Crippen LogP contribution in [-0.4, -0.2) is 43.7 Å². The summed E-state index contributed by atoms with van der Waals surface area (Å²) in [6.07, 6.45) is -4.44. The number of nitrogens with zero attached hydrogens (tertiary/aromatic N) is 2. The predicted molar refractivity (Wildman–Crippen MR) is 109 cm³/mol. The first-order valence-electron chi connectivity index (χ1n) is 9.42. The summed E-state index contributed by atoms with van der Waals surface area (Å²) in [5.74, 6) is 0.614. The van der Waals surface area contributed by atoms with Crippen molar-refractivity contribution < 1.29 is 27.2 Å². The molecule has 0 saturated heterocycles. The molecule has 31 heavy (non-hydrogen) atoms. The lowest BCUT2D eigenvalue weighted by molar-refractivity contribution is -0.137. The van der Waals surface area contributed by atoms with Gasteiger partial charge in [0.25, 0.3) is 5.91 Å². The summed E-state index contributed by atoms with van der Waals surface area (Å²) < 4.78 is 49.5. The molecule has 1 amide bonds. The number of carbonyl (C=O) groups excluding carboxylic acids is 1. The average molecular weight is 433 g/mol. The largest absolute Gasteiger partial charge is 0.497 e. The third kappa shape index (κ3) is 5.43. The van der Waals surface area contributed by atoms with E-state index in [0.29, 0.717) is 17.1 Å². The fraction of sp³-hybridized carbons (Fsp3) is 0.273. The Labute approximate surface area is 177 Å². The van der Waals surface area contributed by atoms with Crippen LogP contribution in [0.5, 0.6) is 5.75 Å². The average Bonchev–Trinajstić information content (AvgIpc) is 3.23. The highest BCUT2D eigenvalue weighted by molar-refractivity contribution is 5.93. The summed E-state index contributed by atoms with van der Waals surface area (Å²) in [5.41, 5.74) is 0.512. The molecule has 1 N–H and O–H groups in total. The maximum atomic E-state index is 13.0. The topological polar surface area (TPSA) is 67.6 Å². The molecule has 0 spiro atoms. The molecule has 164 valence electrons.